The second-order valence-electron chi connectivity index (χ2n) is 7.01. The highest BCUT2D eigenvalue weighted by Crippen LogP contribution is 2.36. The van der Waals surface area contributed by atoms with Gasteiger partial charge in [0.2, 0.25) is 10.0 Å². The van der Waals surface area contributed by atoms with Gasteiger partial charge in [-0.15, -0.1) is 0 Å². The summed E-state index contributed by atoms with van der Waals surface area (Å²) in [7, 11) is -3.26. The van der Waals surface area contributed by atoms with Crippen molar-refractivity contribution in [1.29, 1.82) is 0 Å². The van der Waals surface area contributed by atoms with Crippen molar-refractivity contribution in [3.05, 3.63) is 52.5 Å². The van der Waals surface area contributed by atoms with Crippen LogP contribution < -0.4 is 10.9 Å². The predicted molar refractivity (Wildman–Crippen MR) is 98.0 cm³/mol. The van der Waals surface area contributed by atoms with Gasteiger partial charge in [0.05, 0.1) is 12.5 Å². The van der Waals surface area contributed by atoms with Crippen molar-refractivity contribution < 1.29 is 13.2 Å². The lowest BCUT2D eigenvalue weighted by molar-refractivity contribution is 0.102. The SMILES string of the molecule is CS(=O)(=O)N1CC2CC(C1)c1ccc(NC(=O)c3cnccn3)c(=O)n1C2. The van der Waals surface area contributed by atoms with Crippen LogP contribution in [0.5, 0.6) is 0 Å². The average Bonchev–Trinajstić information content (AvgIpc) is 2.64. The fourth-order valence-corrected chi connectivity index (χ4v) is 4.80. The molecule has 2 atom stereocenters. The van der Waals surface area contributed by atoms with Crippen molar-refractivity contribution in [3.63, 3.8) is 0 Å². The molecule has 2 aromatic heterocycles. The van der Waals surface area contributed by atoms with Gasteiger partial charge in [-0.05, 0) is 24.5 Å². The standard InChI is InChI=1S/C17H19N5O4S/c1-27(25,26)21-8-11-6-12(10-21)15-3-2-13(17(24)22(15)9-11)20-16(23)14-7-18-4-5-19-14/h2-5,7,11-12H,6,8-10H2,1H3,(H,20,23). The molecule has 27 heavy (non-hydrogen) atoms. The summed E-state index contributed by atoms with van der Waals surface area (Å²) in [6.45, 7) is 1.23. The summed E-state index contributed by atoms with van der Waals surface area (Å²) in [5.74, 6) is -0.445. The molecule has 0 spiro atoms. The van der Waals surface area contributed by atoms with E-state index < -0.39 is 15.9 Å². The first-order valence-electron chi connectivity index (χ1n) is 8.59. The first-order valence-corrected chi connectivity index (χ1v) is 10.4. The van der Waals surface area contributed by atoms with Gasteiger partial charge in [0, 0.05) is 43.6 Å². The van der Waals surface area contributed by atoms with Crippen LogP contribution in [0.15, 0.2) is 35.5 Å². The zero-order valence-electron chi connectivity index (χ0n) is 14.7. The number of nitrogens with zero attached hydrogens (tertiary/aromatic N) is 4. The number of hydrogen-bond donors (Lipinski definition) is 1. The lowest BCUT2D eigenvalue weighted by atomic mass is 9.84. The lowest BCUT2D eigenvalue weighted by Gasteiger charge is -2.41. The zero-order chi connectivity index (χ0) is 19.2. The molecule has 10 heteroatoms. The van der Waals surface area contributed by atoms with Gasteiger partial charge < -0.3 is 9.88 Å². The molecule has 4 heterocycles. The van der Waals surface area contributed by atoms with Crippen LogP contribution in [0.2, 0.25) is 0 Å². The number of nitrogens with one attached hydrogen (secondary N) is 1. The Morgan fingerprint density at radius 3 is 2.74 bits per heavy atom. The maximum Gasteiger partial charge on any atom is 0.276 e. The molecule has 4 rings (SSSR count). The van der Waals surface area contributed by atoms with Crippen LogP contribution in [0.25, 0.3) is 0 Å². The van der Waals surface area contributed by atoms with Crippen molar-refractivity contribution in [3.8, 4) is 0 Å². The molecule has 1 saturated heterocycles. The van der Waals surface area contributed by atoms with Crippen LogP contribution in [0.4, 0.5) is 5.69 Å². The van der Waals surface area contributed by atoms with E-state index >= 15 is 0 Å². The van der Waals surface area contributed by atoms with Crippen molar-refractivity contribution in [2.45, 2.75) is 18.9 Å². The predicted octanol–water partition coefficient (Wildman–Crippen LogP) is 0.269. The van der Waals surface area contributed by atoms with E-state index in [4.69, 9.17) is 0 Å². The highest BCUT2D eigenvalue weighted by molar-refractivity contribution is 7.88. The third-order valence-corrected chi connectivity index (χ3v) is 6.32. The van der Waals surface area contributed by atoms with Crippen molar-refractivity contribution in [2.75, 3.05) is 24.7 Å². The van der Waals surface area contributed by atoms with Crippen LogP contribution in [-0.4, -0.2) is 52.5 Å². The summed E-state index contributed by atoms with van der Waals surface area (Å²) in [6.07, 6.45) is 6.27. The minimum atomic E-state index is -3.26. The van der Waals surface area contributed by atoms with Gasteiger partial charge in [-0.25, -0.2) is 17.7 Å². The van der Waals surface area contributed by atoms with E-state index in [-0.39, 0.29) is 28.8 Å². The Bertz CT molecular complexity index is 1050. The van der Waals surface area contributed by atoms with Gasteiger partial charge in [0.15, 0.2) is 0 Å². The molecule has 1 fully saturated rings. The Kier molecular flexibility index (Phi) is 4.31. The summed E-state index contributed by atoms with van der Waals surface area (Å²) in [5.41, 5.74) is 0.823. The molecule has 0 radical (unpaired) electrons. The van der Waals surface area contributed by atoms with E-state index in [1.165, 1.54) is 29.2 Å². The Hall–Kier alpha value is -2.59. The number of pyridine rings is 1. The topological polar surface area (TPSA) is 114 Å². The normalized spacial score (nSPS) is 22.1. The summed E-state index contributed by atoms with van der Waals surface area (Å²) < 4.78 is 27.0. The molecule has 2 bridgehead atoms. The lowest BCUT2D eigenvalue weighted by Crippen LogP contribution is -2.49. The molecule has 0 aromatic carbocycles. The second-order valence-corrected chi connectivity index (χ2v) is 8.99. The molecule has 1 N–H and O–H groups in total. The Morgan fingerprint density at radius 2 is 2.04 bits per heavy atom. The van der Waals surface area contributed by atoms with Crippen molar-refractivity contribution in [1.82, 2.24) is 18.8 Å². The molecule has 142 valence electrons. The number of carbonyl (C=O) groups is 1. The number of hydrogen-bond acceptors (Lipinski definition) is 6. The third-order valence-electron chi connectivity index (χ3n) is 5.08. The van der Waals surface area contributed by atoms with Gasteiger partial charge in [0.1, 0.15) is 11.4 Å². The van der Waals surface area contributed by atoms with Crippen LogP contribution >= 0.6 is 0 Å². The molecule has 9 nitrogen and oxygen atoms in total. The smallest absolute Gasteiger partial charge is 0.276 e. The Balaban J connectivity index is 1.63. The largest absolute Gasteiger partial charge is 0.316 e. The van der Waals surface area contributed by atoms with E-state index in [1.54, 1.807) is 16.7 Å². The molecule has 0 aliphatic carbocycles. The minimum absolute atomic E-state index is 0.0235. The fourth-order valence-electron chi connectivity index (χ4n) is 3.87. The number of fused-ring (bicyclic) bond motifs is 4. The summed E-state index contributed by atoms with van der Waals surface area (Å²) in [4.78, 5) is 32.9. The van der Waals surface area contributed by atoms with E-state index in [1.807, 2.05) is 0 Å². The zero-order valence-corrected chi connectivity index (χ0v) is 15.5. The number of aromatic nitrogens is 3. The van der Waals surface area contributed by atoms with Crippen LogP contribution in [0.3, 0.4) is 0 Å². The quantitative estimate of drug-likeness (QED) is 0.806. The number of rotatable bonds is 3. The molecular formula is C17H19N5O4S. The first kappa shape index (κ1) is 17.8. The molecule has 0 saturated carbocycles. The van der Waals surface area contributed by atoms with Crippen molar-refractivity contribution in [2.24, 2.45) is 5.92 Å². The highest BCUT2D eigenvalue weighted by Gasteiger charge is 2.37. The molecule has 2 aliphatic rings. The number of amides is 1. The van der Waals surface area contributed by atoms with Gasteiger partial charge in [-0.1, -0.05) is 0 Å². The van der Waals surface area contributed by atoms with E-state index in [0.29, 0.717) is 19.6 Å². The molecule has 2 aromatic rings. The average molecular weight is 389 g/mol. The summed E-state index contributed by atoms with van der Waals surface area (Å²) >= 11 is 0. The number of anilines is 1. The van der Waals surface area contributed by atoms with Crippen LogP contribution in [0.1, 0.15) is 28.5 Å². The minimum Gasteiger partial charge on any atom is -0.316 e. The maximum absolute atomic E-state index is 12.9. The van der Waals surface area contributed by atoms with Gasteiger partial charge in [-0.2, -0.15) is 0 Å². The number of sulfonamides is 1. The molecule has 2 unspecified atom stereocenters. The monoisotopic (exact) mass is 389 g/mol. The fraction of sp³-hybridized carbons (Fsp3) is 0.412. The Morgan fingerprint density at radius 1 is 1.22 bits per heavy atom. The van der Waals surface area contributed by atoms with Gasteiger partial charge in [0.25, 0.3) is 11.5 Å². The Labute approximate surface area is 156 Å². The number of carbonyl (C=O) groups excluding carboxylic acids is 1. The van der Waals surface area contributed by atoms with Crippen LogP contribution in [0, 0.1) is 5.92 Å². The van der Waals surface area contributed by atoms with E-state index in [0.717, 1.165) is 12.1 Å². The van der Waals surface area contributed by atoms with E-state index in [2.05, 4.69) is 15.3 Å². The van der Waals surface area contributed by atoms with Gasteiger partial charge in [-0.3, -0.25) is 14.6 Å². The van der Waals surface area contributed by atoms with Crippen LogP contribution in [-0.2, 0) is 16.6 Å². The number of piperidine rings is 1. The van der Waals surface area contributed by atoms with E-state index in [9.17, 15) is 18.0 Å². The third kappa shape index (κ3) is 3.37. The molecule has 2 aliphatic heterocycles. The van der Waals surface area contributed by atoms with Crippen molar-refractivity contribution >= 4 is 21.6 Å². The van der Waals surface area contributed by atoms with Gasteiger partial charge >= 0.3 is 0 Å². The summed E-state index contributed by atoms with van der Waals surface area (Å²) in [5, 5.41) is 2.59. The molecular weight excluding hydrogens is 370 g/mol. The second kappa shape index (κ2) is 6.54. The first-order chi connectivity index (χ1) is 12.8. The molecule has 1 amide bonds. The highest BCUT2D eigenvalue weighted by atomic mass is 32.2. The summed E-state index contributed by atoms with van der Waals surface area (Å²) in [6, 6.07) is 3.36. The maximum atomic E-state index is 12.9.